The zero-order chi connectivity index (χ0) is 14.1. The summed E-state index contributed by atoms with van der Waals surface area (Å²) >= 11 is 1.29. The van der Waals surface area contributed by atoms with Crippen LogP contribution in [0, 0.1) is 0 Å². The molecule has 1 aromatic heterocycles. The van der Waals surface area contributed by atoms with E-state index in [1.54, 1.807) is 0 Å². The van der Waals surface area contributed by atoms with E-state index < -0.39 is 5.97 Å². The van der Waals surface area contributed by atoms with Gasteiger partial charge >= 0.3 is 5.97 Å². The molecule has 0 aliphatic carbocycles. The van der Waals surface area contributed by atoms with Gasteiger partial charge in [-0.2, -0.15) is 0 Å². The lowest BCUT2D eigenvalue weighted by molar-refractivity contribution is -0.0502. The molecule has 20 heavy (non-hydrogen) atoms. The van der Waals surface area contributed by atoms with E-state index in [0.29, 0.717) is 16.6 Å². The first-order valence-corrected chi connectivity index (χ1v) is 8.09. The molecule has 2 unspecified atom stereocenters. The Morgan fingerprint density at radius 2 is 2.45 bits per heavy atom. The molecule has 1 aromatic rings. The van der Waals surface area contributed by atoms with Crippen molar-refractivity contribution in [2.24, 2.45) is 0 Å². The van der Waals surface area contributed by atoms with Crippen molar-refractivity contribution in [3.05, 3.63) is 15.6 Å². The van der Waals surface area contributed by atoms with Crippen LogP contribution in [-0.4, -0.2) is 46.7 Å². The molecule has 5 nitrogen and oxygen atoms in total. The Bertz CT molecular complexity index is 503. The van der Waals surface area contributed by atoms with Crippen LogP contribution in [0.25, 0.3) is 0 Å². The molecule has 0 spiro atoms. The van der Waals surface area contributed by atoms with Gasteiger partial charge in [0.15, 0.2) is 0 Å². The van der Waals surface area contributed by atoms with E-state index in [1.807, 2.05) is 6.92 Å². The zero-order valence-corrected chi connectivity index (χ0v) is 12.5. The number of aromatic nitrogens is 1. The van der Waals surface area contributed by atoms with Gasteiger partial charge in [-0.05, 0) is 25.8 Å². The summed E-state index contributed by atoms with van der Waals surface area (Å²) in [6.07, 6.45) is 4.02. The lowest BCUT2D eigenvalue weighted by Crippen LogP contribution is -2.42. The first-order chi connectivity index (χ1) is 9.69. The van der Waals surface area contributed by atoms with E-state index in [2.05, 4.69) is 9.88 Å². The van der Waals surface area contributed by atoms with Gasteiger partial charge in [-0.25, -0.2) is 9.78 Å². The topological polar surface area (TPSA) is 62.7 Å². The monoisotopic (exact) mass is 296 g/mol. The lowest BCUT2D eigenvalue weighted by atomic mass is 10.2. The highest BCUT2D eigenvalue weighted by atomic mass is 32.1. The summed E-state index contributed by atoms with van der Waals surface area (Å²) in [6.45, 7) is 4.76. The molecule has 0 saturated carbocycles. The summed E-state index contributed by atoms with van der Waals surface area (Å²) in [7, 11) is 0. The number of nitrogens with zero attached hydrogens (tertiary/aromatic N) is 2. The van der Waals surface area contributed by atoms with Crippen LogP contribution in [-0.2, 0) is 11.2 Å². The number of morpholine rings is 1. The third-order valence-corrected chi connectivity index (χ3v) is 5.24. The van der Waals surface area contributed by atoms with Crippen molar-refractivity contribution in [3.63, 3.8) is 0 Å². The normalized spacial score (nSPS) is 26.6. The van der Waals surface area contributed by atoms with Gasteiger partial charge in [0, 0.05) is 12.6 Å². The van der Waals surface area contributed by atoms with E-state index in [-0.39, 0.29) is 6.10 Å². The Labute approximate surface area is 122 Å². The van der Waals surface area contributed by atoms with Crippen molar-refractivity contribution in [1.29, 1.82) is 0 Å². The maximum Gasteiger partial charge on any atom is 0.347 e. The minimum Gasteiger partial charge on any atom is -0.477 e. The summed E-state index contributed by atoms with van der Waals surface area (Å²) in [5.41, 5.74) is 0.715. The minimum absolute atomic E-state index is 0.0574. The largest absolute Gasteiger partial charge is 0.477 e. The quantitative estimate of drug-likeness (QED) is 0.924. The molecule has 3 heterocycles. The van der Waals surface area contributed by atoms with Crippen LogP contribution >= 0.6 is 11.3 Å². The molecule has 2 aliphatic heterocycles. The van der Waals surface area contributed by atoms with E-state index in [0.717, 1.165) is 37.5 Å². The van der Waals surface area contributed by atoms with Crippen LogP contribution < -0.4 is 0 Å². The Morgan fingerprint density at radius 1 is 1.60 bits per heavy atom. The first kappa shape index (κ1) is 14.0. The molecule has 3 rings (SSSR count). The maximum atomic E-state index is 11.3. The average Bonchev–Trinajstić information content (AvgIpc) is 3.04. The van der Waals surface area contributed by atoms with Gasteiger partial charge in [0.2, 0.25) is 0 Å². The summed E-state index contributed by atoms with van der Waals surface area (Å²) in [5, 5.41) is 10.1. The number of carboxylic acids is 1. The molecule has 6 heteroatoms. The van der Waals surface area contributed by atoms with E-state index in [9.17, 15) is 9.90 Å². The number of hydrogen-bond acceptors (Lipinski definition) is 5. The zero-order valence-electron chi connectivity index (χ0n) is 11.7. The van der Waals surface area contributed by atoms with E-state index in [4.69, 9.17) is 4.74 Å². The van der Waals surface area contributed by atoms with Gasteiger partial charge in [0.1, 0.15) is 16.0 Å². The Hall–Kier alpha value is -0.980. The number of carboxylic acid groups (broad SMARTS) is 1. The number of aryl methyl sites for hydroxylation is 1. The number of aromatic carboxylic acids is 1. The molecule has 2 atom stereocenters. The summed E-state index contributed by atoms with van der Waals surface area (Å²) in [5.74, 6) is -0.868. The molecular weight excluding hydrogens is 276 g/mol. The highest BCUT2D eigenvalue weighted by molar-refractivity contribution is 7.13. The molecule has 0 amide bonds. The summed E-state index contributed by atoms with van der Waals surface area (Å²) in [6, 6.07) is 0.556. The third-order valence-electron chi connectivity index (χ3n) is 4.06. The molecule has 0 aromatic carbocycles. The van der Waals surface area contributed by atoms with Gasteiger partial charge in [-0.3, -0.25) is 4.90 Å². The molecule has 2 aliphatic rings. The highest BCUT2D eigenvalue weighted by Crippen LogP contribution is 2.33. The predicted octanol–water partition coefficient (Wildman–Crippen LogP) is 2.33. The van der Waals surface area contributed by atoms with Crippen LogP contribution in [0.15, 0.2) is 0 Å². The third kappa shape index (κ3) is 2.60. The van der Waals surface area contributed by atoms with Crippen LogP contribution in [0.5, 0.6) is 0 Å². The second kappa shape index (κ2) is 5.79. The predicted molar refractivity (Wildman–Crippen MR) is 76.4 cm³/mol. The second-order valence-corrected chi connectivity index (χ2v) is 6.53. The number of carbonyl (C=O) groups is 1. The molecular formula is C14H20N2O3S. The van der Waals surface area contributed by atoms with E-state index >= 15 is 0 Å². The van der Waals surface area contributed by atoms with Crippen molar-refractivity contribution in [3.8, 4) is 0 Å². The van der Waals surface area contributed by atoms with Crippen molar-refractivity contribution in [1.82, 2.24) is 9.88 Å². The Morgan fingerprint density at radius 3 is 3.20 bits per heavy atom. The number of hydrogen-bond donors (Lipinski definition) is 1. The Kier molecular flexibility index (Phi) is 4.05. The van der Waals surface area contributed by atoms with Crippen LogP contribution in [0.3, 0.4) is 0 Å². The smallest absolute Gasteiger partial charge is 0.347 e. The SMILES string of the molecule is CCCc1nc(C2CN3CCCC3CO2)sc1C(=O)O. The fourth-order valence-corrected chi connectivity index (χ4v) is 4.04. The van der Waals surface area contributed by atoms with Gasteiger partial charge < -0.3 is 9.84 Å². The number of thiazole rings is 1. The first-order valence-electron chi connectivity index (χ1n) is 7.27. The molecule has 0 bridgehead atoms. The number of fused-ring (bicyclic) bond motifs is 1. The lowest BCUT2D eigenvalue weighted by Gasteiger charge is -2.34. The standard InChI is InChI=1S/C14H20N2O3S/c1-2-4-10-12(14(17)18)20-13(15-10)11-7-16-6-3-5-9(16)8-19-11/h9,11H,2-8H2,1H3,(H,17,18). The minimum atomic E-state index is -0.868. The second-order valence-electron chi connectivity index (χ2n) is 5.50. The molecule has 1 N–H and O–H groups in total. The summed E-state index contributed by atoms with van der Waals surface area (Å²) < 4.78 is 5.92. The van der Waals surface area contributed by atoms with Gasteiger partial charge in [0.25, 0.3) is 0 Å². The molecule has 110 valence electrons. The van der Waals surface area contributed by atoms with Gasteiger partial charge in [-0.15, -0.1) is 11.3 Å². The van der Waals surface area contributed by atoms with Crippen LogP contribution in [0.4, 0.5) is 0 Å². The molecule has 0 radical (unpaired) electrons. The number of ether oxygens (including phenoxy) is 1. The van der Waals surface area contributed by atoms with Crippen molar-refractivity contribution < 1.29 is 14.6 Å². The summed E-state index contributed by atoms with van der Waals surface area (Å²) in [4.78, 5) is 18.7. The van der Waals surface area contributed by atoms with Gasteiger partial charge in [-0.1, -0.05) is 13.3 Å². The fraction of sp³-hybridized carbons (Fsp3) is 0.714. The number of rotatable bonds is 4. The van der Waals surface area contributed by atoms with Gasteiger partial charge in [0.05, 0.1) is 12.3 Å². The average molecular weight is 296 g/mol. The van der Waals surface area contributed by atoms with Crippen molar-refractivity contribution in [2.75, 3.05) is 19.7 Å². The van der Waals surface area contributed by atoms with Crippen LogP contribution in [0.1, 0.15) is 52.7 Å². The molecule has 2 fully saturated rings. The van der Waals surface area contributed by atoms with E-state index in [1.165, 1.54) is 24.2 Å². The van der Waals surface area contributed by atoms with Crippen LogP contribution in [0.2, 0.25) is 0 Å². The van der Waals surface area contributed by atoms with Crippen molar-refractivity contribution >= 4 is 17.3 Å². The Balaban J connectivity index is 1.79. The fourth-order valence-electron chi connectivity index (χ4n) is 3.05. The maximum absolute atomic E-state index is 11.3. The van der Waals surface area contributed by atoms with Crippen molar-refractivity contribution in [2.45, 2.75) is 44.8 Å². The highest BCUT2D eigenvalue weighted by Gasteiger charge is 2.34. The molecule has 2 saturated heterocycles.